The lowest BCUT2D eigenvalue weighted by Crippen LogP contribution is -2.30. The number of benzene rings is 1. The van der Waals surface area contributed by atoms with Gasteiger partial charge in [0.2, 0.25) is 11.8 Å². The first-order valence-electron chi connectivity index (χ1n) is 8.36. The van der Waals surface area contributed by atoms with Gasteiger partial charge in [-0.2, -0.15) is 0 Å². The van der Waals surface area contributed by atoms with E-state index in [-0.39, 0.29) is 17.7 Å². The minimum Gasteiger partial charge on any atom is -0.352 e. The minimum absolute atomic E-state index is 0.185. The van der Waals surface area contributed by atoms with Gasteiger partial charge in [0, 0.05) is 32.0 Å². The maximum absolute atomic E-state index is 12.2. The van der Waals surface area contributed by atoms with Crippen molar-refractivity contribution in [2.24, 2.45) is 5.92 Å². The van der Waals surface area contributed by atoms with Crippen molar-refractivity contribution in [3.8, 4) is 0 Å². The molecule has 1 aliphatic carbocycles. The molecule has 3 rings (SSSR count). The molecule has 1 heterocycles. The normalized spacial score (nSPS) is 18.9. The minimum atomic E-state index is 0.185. The van der Waals surface area contributed by atoms with E-state index in [4.69, 9.17) is 0 Å². The van der Waals surface area contributed by atoms with Gasteiger partial charge in [-0.15, -0.1) is 0 Å². The van der Waals surface area contributed by atoms with Crippen molar-refractivity contribution >= 4 is 11.8 Å². The number of carbonyl (C=O) groups is 2. The fraction of sp³-hybridized carbons (Fsp3) is 0.556. The van der Waals surface area contributed by atoms with Gasteiger partial charge in [0.25, 0.3) is 0 Å². The van der Waals surface area contributed by atoms with Crippen LogP contribution in [0.4, 0.5) is 0 Å². The summed E-state index contributed by atoms with van der Waals surface area (Å²) in [6.07, 6.45) is 6.02. The van der Waals surface area contributed by atoms with E-state index in [9.17, 15) is 9.59 Å². The number of hydrogen-bond donors (Lipinski definition) is 1. The van der Waals surface area contributed by atoms with Crippen LogP contribution in [0.25, 0.3) is 0 Å². The van der Waals surface area contributed by atoms with Gasteiger partial charge in [0.1, 0.15) is 0 Å². The van der Waals surface area contributed by atoms with Crippen molar-refractivity contribution in [3.05, 3.63) is 35.4 Å². The van der Waals surface area contributed by atoms with Crippen LogP contribution in [0.5, 0.6) is 0 Å². The van der Waals surface area contributed by atoms with Crippen molar-refractivity contribution < 1.29 is 9.59 Å². The number of nitrogens with zero attached hydrogens (tertiary/aromatic N) is 1. The molecule has 4 nitrogen and oxygen atoms in total. The van der Waals surface area contributed by atoms with Crippen molar-refractivity contribution in [2.75, 3.05) is 6.54 Å². The highest BCUT2D eigenvalue weighted by molar-refractivity contribution is 5.79. The molecule has 0 spiro atoms. The third kappa shape index (κ3) is 3.49. The molecule has 1 N–H and O–H groups in total. The van der Waals surface area contributed by atoms with E-state index >= 15 is 0 Å². The SMILES string of the molecule is O=C(NCc1ccccc1CN1CCCC1=O)C1CCCC1. The molecule has 2 fully saturated rings. The van der Waals surface area contributed by atoms with E-state index in [2.05, 4.69) is 11.4 Å². The van der Waals surface area contributed by atoms with Crippen molar-refractivity contribution in [1.82, 2.24) is 10.2 Å². The van der Waals surface area contributed by atoms with E-state index in [0.29, 0.717) is 19.5 Å². The Morgan fingerprint density at radius 3 is 2.55 bits per heavy atom. The molecule has 2 amide bonds. The van der Waals surface area contributed by atoms with Crippen LogP contribution in [0.15, 0.2) is 24.3 Å². The number of rotatable bonds is 5. The average molecular weight is 300 g/mol. The summed E-state index contributed by atoms with van der Waals surface area (Å²) < 4.78 is 0. The van der Waals surface area contributed by atoms with E-state index in [1.54, 1.807) is 0 Å². The van der Waals surface area contributed by atoms with Crippen LogP contribution in [0.1, 0.15) is 49.7 Å². The fourth-order valence-corrected chi connectivity index (χ4v) is 3.48. The van der Waals surface area contributed by atoms with Crippen LogP contribution in [-0.2, 0) is 22.7 Å². The highest BCUT2D eigenvalue weighted by Gasteiger charge is 2.23. The molecule has 0 radical (unpaired) electrons. The molecular weight excluding hydrogens is 276 g/mol. The fourth-order valence-electron chi connectivity index (χ4n) is 3.48. The number of hydrogen-bond acceptors (Lipinski definition) is 2. The Morgan fingerprint density at radius 2 is 1.86 bits per heavy atom. The molecule has 118 valence electrons. The Morgan fingerprint density at radius 1 is 1.14 bits per heavy atom. The summed E-state index contributed by atoms with van der Waals surface area (Å²) in [5, 5.41) is 3.08. The van der Waals surface area contributed by atoms with Crippen LogP contribution in [0.3, 0.4) is 0 Å². The van der Waals surface area contributed by atoms with E-state index < -0.39 is 0 Å². The summed E-state index contributed by atoms with van der Waals surface area (Å²) in [5.41, 5.74) is 2.26. The first-order chi connectivity index (χ1) is 10.7. The lowest BCUT2D eigenvalue weighted by atomic mass is 10.1. The molecule has 0 unspecified atom stereocenters. The number of likely N-dealkylation sites (tertiary alicyclic amines) is 1. The van der Waals surface area contributed by atoms with Gasteiger partial charge >= 0.3 is 0 Å². The predicted octanol–water partition coefficient (Wildman–Crippen LogP) is 2.62. The first-order valence-corrected chi connectivity index (χ1v) is 8.36. The highest BCUT2D eigenvalue weighted by atomic mass is 16.2. The maximum Gasteiger partial charge on any atom is 0.223 e. The lowest BCUT2D eigenvalue weighted by Gasteiger charge is -2.19. The van der Waals surface area contributed by atoms with Crippen molar-refractivity contribution in [3.63, 3.8) is 0 Å². The van der Waals surface area contributed by atoms with Crippen molar-refractivity contribution in [1.29, 1.82) is 0 Å². The average Bonchev–Trinajstić information content (AvgIpc) is 3.19. The lowest BCUT2D eigenvalue weighted by molar-refractivity contribution is -0.128. The molecule has 1 saturated carbocycles. The van der Waals surface area contributed by atoms with Gasteiger partial charge in [-0.05, 0) is 30.4 Å². The smallest absolute Gasteiger partial charge is 0.223 e. The number of nitrogens with one attached hydrogen (secondary N) is 1. The topological polar surface area (TPSA) is 49.4 Å². The van der Waals surface area contributed by atoms with Crippen molar-refractivity contribution in [2.45, 2.75) is 51.6 Å². The first kappa shape index (κ1) is 15.1. The number of amides is 2. The molecule has 22 heavy (non-hydrogen) atoms. The summed E-state index contributed by atoms with van der Waals surface area (Å²) >= 11 is 0. The summed E-state index contributed by atoms with van der Waals surface area (Å²) in [6.45, 7) is 2.07. The Labute approximate surface area is 131 Å². The molecule has 1 aliphatic heterocycles. The summed E-state index contributed by atoms with van der Waals surface area (Å²) in [7, 11) is 0. The third-order valence-electron chi connectivity index (χ3n) is 4.83. The molecule has 1 aromatic carbocycles. The zero-order chi connectivity index (χ0) is 15.4. The quantitative estimate of drug-likeness (QED) is 0.908. The van der Waals surface area contributed by atoms with Gasteiger partial charge in [0.05, 0.1) is 0 Å². The molecule has 1 aromatic rings. The largest absolute Gasteiger partial charge is 0.352 e. The maximum atomic E-state index is 12.2. The molecule has 1 saturated heterocycles. The van der Waals surface area contributed by atoms with Crippen LogP contribution in [0.2, 0.25) is 0 Å². The van der Waals surface area contributed by atoms with Gasteiger partial charge in [0.15, 0.2) is 0 Å². The second kappa shape index (κ2) is 6.95. The molecule has 2 aliphatic rings. The molecule has 0 aromatic heterocycles. The molecule has 0 atom stereocenters. The zero-order valence-electron chi connectivity index (χ0n) is 13.0. The number of carbonyl (C=O) groups excluding carboxylic acids is 2. The van der Waals surface area contributed by atoms with Crippen LogP contribution in [-0.4, -0.2) is 23.3 Å². The second-order valence-electron chi connectivity index (χ2n) is 6.39. The standard InChI is InChI=1S/C18H24N2O2/c21-17-10-5-11-20(17)13-16-9-4-3-8-15(16)12-19-18(22)14-6-1-2-7-14/h3-4,8-9,14H,1-2,5-7,10-13H2,(H,19,22). The molecule has 4 heteroatoms. The van der Waals surface area contributed by atoms with Crippen LogP contribution < -0.4 is 5.32 Å². The van der Waals surface area contributed by atoms with E-state index in [1.807, 2.05) is 23.1 Å². The Kier molecular flexibility index (Phi) is 4.76. The Bertz CT molecular complexity index is 550. The van der Waals surface area contributed by atoms with Crippen LogP contribution in [0, 0.1) is 5.92 Å². The van der Waals surface area contributed by atoms with E-state index in [1.165, 1.54) is 12.8 Å². The highest BCUT2D eigenvalue weighted by Crippen LogP contribution is 2.25. The van der Waals surface area contributed by atoms with Crippen LogP contribution >= 0.6 is 0 Å². The summed E-state index contributed by atoms with van der Waals surface area (Å²) in [4.78, 5) is 25.9. The third-order valence-corrected chi connectivity index (χ3v) is 4.83. The Hall–Kier alpha value is -1.84. The second-order valence-corrected chi connectivity index (χ2v) is 6.39. The molecular formula is C18H24N2O2. The monoisotopic (exact) mass is 300 g/mol. The predicted molar refractivity (Wildman–Crippen MR) is 84.9 cm³/mol. The van der Waals surface area contributed by atoms with Gasteiger partial charge < -0.3 is 10.2 Å². The zero-order valence-corrected chi connectivity index (χ0v) is 13.0. The molecule has 0 bridgehead atoms. The summed E-state index contributed by atoms with van der Waals surface area (Å²) in [6, 6.07) is 8.10. The van der Waals surface area contributed by atoms with Gasteiger partial charge in [-0.25, -0.2) is 0 Å². The van der Waals surface area contributed by atoms with Gasteiger partial charge in [-0.3, -0.25) is 9.59 Å². The summed E-state index contributed by atoms with van der Waals surface area (Å²) in [5.74, 6) is 0.627. The van der Waals surface area contributed by atoms with Gasteiger partial charge in [-0.1, -0.05) is 37.1 Å². The Balaban J connectivity index is 1.60. The van der Waals surface area contributed by atoms with E-state index in [0.717, 1.165) is 36.9 Å².